The van der Waals surface area contributed by atoms with Crippen molar-refractivity contribution in [1.29, 1.82) is 5.26 Å². The largest absolute Gasteiger partial charge is 0.370 e. The van der Waals surface area contributed by atoms with Gasteiger partial charge in [-0.25, -0.2) is 4.36 Å². The first-order chi connectivity index (χ1) is 10.8. The van der Waals surface area contributed by atoms with Crippen molar-refractivity contribution >= 4 is 21.1 Å². The van der Waals surface area contributed by atoms with E-state index in [-0.39, 0.29) is 11.6 Å². The topological polar surface area (TPSA) is 99.6 Å². The molecule has 8 heteroatoms. The van der Waals surface area contributed by atoms with E-state index in [2.05, 4.69) is 9.26 Å². The summed E-state index contributed by atoms with van der Waals surface area (Å²) in [6.45, 7) is 2.05. The van der Waals surface area contributed by atoms with Crippen LogP contribution in [-0.2, 0) is 9.73 Å². The van der Waals surface area contributed by atoms with Crippen LogP contribution in [0, 0.1) is 27.4 Å². The van der Waals surface area contributed by atoms with E-state index in [1.165, 1.54) is 12.1 Å². The Bertz CT molecular complexity index is 754. The van der Waals surface area contributed by atoms with Gasteiger partial charge in [0.2, 0.25) is 0 Å². The number of nitriles is 1. The Morgan fingerprint density at radius 2 is 2.26 bits per heavy atom. The molecule has 1 atom stereocenters. The average Bonchev–Trinajstić information content (AvgIpc) is 2.52. The molecule has 1 aromatic carbocycles. The molecule has 0 aliphatic carbocycles. The van der Waals surface area contributed by atoms with E-state index in [9.17, 15) is 19.6 Å². The Labute approximate surface area is 136 Å². The number of hydrogen-bond acceptors (Lipinski definition) is 6. The van der Waals surface area contributed by atoms with Gasteiger partial charge in [0.25, 0.3) is 5.69 Å². The van der Waals surface area contributed by atoms with Crippen LogP contribution < -0.4 is 4.90 Å². The molecule has 2 rings (SSSR count). The molecule has 1 heterocycles. The fraction of sp³-hybridized carbons (Fsp3) is 0.533. The van der Waals surface area contributed by atoms with Crippen molar-refractivity contribution in [2.45, 2.75) is 12.8 Å². The van der Waals surface area contributed by atoms with E-state index in [4.69, 9.17) is 0 Å². The summed E-state index contributed by atoms with van der Waals surface area (Å²) in [6.07, 6.45) is 5.20. The number of benzene rings is 1. The first-order valence-electron chi connectivity index (χ1n) is 7.36. The molecular formula is C15H20N4O3S. The van der Waals surface area contributed by atoms with Crippen molar-refractivity contribution < 1.29 is 9.13 Å². The molecule has 0 aromatic heterocycles. The molecule has 0 amide bonds. The summed E-state index contributed by atoms with van der Waals surface area (Å²) in [7, 11) is -2.10. The van der Waals surface area contributed by atoms with Crippen LogP contribution in [0.5, 0.6) is 0 Å². The Morgan fingerprint density at radius 3 is 2.87 bits per heavy atom. The van der Waals surface area contributed by atoms with Crippen LogP contribution >= 0.6 is 0 Å². The van der Waals surface area contributed by atoms with Gasteiger partial charge in [0.1, 0.15) is 6.07 Å². The molecule has 1 aromatic rings. The number of hydrogen-bond donors (Lipinski definition) is 0. The zero-order valence-electron chi connectivity index (χ0n) is 13.3. The molecule has 1 unspecified atom stereocenters. The van der Waals surface area contributed by atoms with Crippen LogP contribution in [0.3, 0.4) is 0 Å². The van der Waals surface area contributed by atoms with Crippen LogP contribution in [-0.4, -0.2) is 41.3 Å². The molecule has 0 bridgehead atoms. The molecule has 1 fully saturated rings. The molecule has 0 radical (unpaired) electrons. The summed E-state index contributed by atoms with van der Waals surface area (Å²) in [5, 5.41) is 20.1. The van der Waals surface area contributed by atoms with Gasteiger partial charge in [0, 0.05) is 47.5 Å². The number of piperidine rings is 1. The van der Waals surface area contributed by atoms with Gasteiger partial charge in [-0.1, -0.05) is 0 Å². The molecule has 1 aliphatic heterocycles. The van der Waals surface area contributed by atoms with Crippen LogP contribution in [0.15, 0.2) is 22.6 Å². The predicted molar refractivity (Wildman–Crippen MR) is 90.0 cm³/mol. The van der Waals surface area contributed by atoms with Crippen molar-refractivity contribution in [1.82, 2.24) is 0 Å². The lowest BCUT2D eigenvalue weighted by Crippen LogP contribution is -2.37. The minimum Gasteiger partial charge on any atom is -0.370 e. The zero-order valence-corrected chi connectivity index (χ0v) is 14.1. The van der Waals surface area contributed by atoms with Crippen molar-refractivity contribution in [3.8, 4) is 6.07 Å². The average molecular weight is 336 g/mol. The third kappa shape index (κ3) is 4.66. The van der Waals surface area contributed by atoms with Crippen molar-refractivity contribution in [2.24, 2.45) is 10.3 Å². The minimum atomic E-state index is -2.10. The Balaban J connectivity index is 2.20. The number of nitrogens with zero attached hydrogens (tertiary/aromatic N) is 4. The molecular weight excluding hydrogens is 316 g/mol. The summed E-state index contributed by atoms with van der Waals surface area (Å²) in [5.41, 5.74) is 0.952. The molecule has 0 spiro atoms. The highest BCUT2D eigenvalue weighted by molar-refractivity contribution is 7.92. The van der Waals surface area contributed by atoms with Gasteiger partial charge < -0.3 is 4.90 Å². The second-order valence-electron chi connectivity index (χ2n) is 6.02. The lowest BCUT2D eigenvalue weighted by Gasteiger charge is -2.34. The summed E-state index contributed by atoms with van der Waals surface area (Å²) in [6, 6.07) is 6.42. The van der Waals surface area contributed by atoms with Gasteiger partial charge in [-0.2, -0.15) is 5.26 Å². The quantitative estimate of drug-likeness (QED) is 0.621. The van der Waals surface area contributed by atoms with Crippen LogP contribution in [0.4, 0.5) is 11.4 Å². The van der Waals surface area contributed by atoms with Crippen LogP contribution in [0.1, 0.15) is 18.4 Å². The monoisotopic (exact) mass is 336 g/mol. The van der Waals surface area contributed by atoms with E-state index in [1.807, 2.05) is 6.07 Å². The highest BCUT2D eigenvalue weighted by Gasteiger charge is 2.23. The molecule has 7 nitrogen and oxygen atoms in total. The van der Waals surface area contributed by atoms with E-state index >= 15 is 0 Å². The Morgan fingerprint density at radius 1 is 1.52 bits per heavy atom. The summed E-state index contributed by atoms with van der Waals surface area (Å²) in [5.74, 6) is 0.284. The maximum atomic E-state index is 11.7. The first-order valence-corrected chi connectivity index (χ1v) is 9.69. The minimum absolute atomic E-state index is 0.0782. The van der Waals surface area contributed by atoms with Gasteiger partial charge in [0.15, 0.2) is 0 Å². The van der Waals surface area contributed by atoms with Crippen LogP contribution in [0.2, 0.25) is 0 Å². The van der Waals surface area contributed by atoms with Crippen LogP contribution in [0.25, 0.3) is 0 Å². The van der Waals surface area contributed by atoms with Crippen molar-refractivity contribution in [2.75, 3.05) is 37.0 Å². The van der Waals surface area contributed by atoms with Gasteiger partial charge in [-0.3, -0.25) is 14.3 Å². The van der Waals surface area contributed by atoms with E-state index in [0.717, 1.165) is 25.1 Å². The second-order valence-corrected chi connectivity index (χ2v) is 8.64. The lowest BCUT2D eigenvalue weighted by molar-refractivity contribution is -0.384. The fourth-order valence-corrected chi connectivity index (χ4v) is 3.29. The standard InChI is InChI=1S/C15H20N4O3S/c1-23(2,22)17-10-12-4-3-7-18(11-12)15-6-5-14(19(20)21)8-13(15)9-16/h5-6,8,12H,3-4,7,10-11H2,1-2H3. The predicted octanol–water partition coefficient (Wildman–Crippen LogP) is 2.41. The fourth-order valence-electron chi connectivity index (χ4n) is 2.72. The van der Waals surface area contributed by atoms with E-state index < -0.39 is 14.7 Å². The van der Waals surface area contributed by atoms with E-state index in [1.54, 1.807) is 18.6 Å². The molecule has 0 N–H and O–H groups in total. The Kier molecular flexibility index (Phi) is 5.21. The van der Waals surface area contributed by atoms with Gasteiger partial charge in [-0.05, 0) is 24.8 Å². The SMILES string of the molecule is CS(C)(=O)=NCC1CCCN(c2ccc([N+](=O)[O-])cc2C#N)C1. The Hall–Kier alpha value is -2.14. The molecule has 23 heavy (non-hydrogen) atoms. The highest BCUT2D eigenvalue weighted by Crippen LogP contribution is 2.29. The second kappa shape index (κ2) is 6.96. The maximum Gasteiger partial charge on any atom is 0.270 e. The molecule has 124 valence electrons. The van der Waals surface area contributed by atoms with Crippen molar-refractivity contribution in [3.63, 3.8) is 0 Å². The molecule has 1 aliphatic rings. The smallest absolute Gasteiger partial charge is 0.270 e. The summed E-state index contributed by atoms with van der Waals surface area (Å²) >= 11 is 0. The third-order valence-electron chi connectivity index (χ3n) is 3.81. The normalized spacial score (nSPS) is 18.3. The van der Waals surface area contributed by atoms with Crippen molar-refractivity contribution in [3.05, 3.63) is 33.9 Å². The van der Waals surface area contributed by atoms with Gasteiger partial charge in [-0.15, -0.1) is 0 Å². The highest BCUT2D eigenvalue weighted by atomic mass is 32.2. The first kappa shape index (κ1) is 17.2. The number of nitro groups is 1. The number of nitro benzene ring substituents is 1. The zero-order chi connectivity index (χ0) is 17.0. The number of rotatable bonds is 4. The van der Waals surface area contributed by atoms with Gasteiger partial charge >= 0.3 is 0 Å². The third-order valence-corrected chi connectivity index (χ3v) is 4.59. The summed E-state index contributed by atoms with van der Waals surface area (Å²) < 4.78 is 15.9. The molecule has 1 saturated heterocycles. The number of non-ortho nitro benzene ring substituents is 1. The maximum absolute atomic E-state index is 11.7. The van der Waals surface area contributed by atoms with E-state index in [0.29, 0.717) is 18.7 Å². The summed E-state index contributed by atoms with van der Waals surface area (Å²) in [4.78, 5) is 12.4. The number of anilines is 1. The lowest BCUT2D eigenvalue weighted by atomic mass is 9.97. The molecule has 0 saturated carbocycles. The van der Waals surface area contributed by atoms with Gasteiger partial charge in [0.05, 0.1) is 22.7 Å².